The Labute approximate surface area is 199 Å². The number of aromatic nitrogens is 2. The highest BCUT2D eigenvalue weighted by Gasteiger charge is 2.25. The van der Waals surface area contributed by atoms with E-state index in [1.54, 1.807) is 24.4 Å². The number of pyridine rings is 2. The number of hydrogen-bond acceptors (Lipinski definition) is 6. The molecule has 0 radical (unpaired) electrons. The van der Waals surface area contributed by atoms with Crippen molar-refractivity contribution in [2.45, 2.75) is 43.1 Å². The topological polar surface area (TPSA) is 66.4 Å². The lowest BCUT2D eigenvalue weighted by molar-refractivity contribution is 0.203. The maximum Gasteiger partial charge on any atom is 0.213 e. The van der Waals surface area contributed by atoms with Crippen LogP contribution in [0, 0.1) is 18.7 Å². The predicted molar refractivity (Wildman–Crippen MR) is 127 cm³/mol. The number of likely N-dealkylation sites (tertiary alicyclic amines) is 1. The average molecular weight is 487 g/mol. The molecule has 1 fully saturated rings. The normalized spacial score (nSPS) is 15.4. The molecule has 1 aliphatic rings. The zero-order valence-electron chi connectivity index (χ0n) is 19.3. The molecule has 1 aliphatic heterocycles. The molecule has 180 valence electrons. The number of benzene rings is 1. The fraction of sp³-hybridized carbons (Fsp3) is 0.360. The highest BCUT2D eigenvalue weighted by Crippen LogP contribution is 2.27. The molecule has 1 saturated heterocycles. The summed E-state index contributed by atoms with van der Waals surface area (Å²) in [6.07, 6.45) is 3.48. The number of piperidine rings is 1. The molecule has 3 aromatic rings. The lowest BCUT2D eigenvalue weighted by Crippen LogP contribution is -2.43. The largest absolute Gasteiger partial charge is 0.370 e. The van der Waals surface area contributed by atoms with E-state index in [0.717, 1.165) is 49.3 Å². The Morgan fingerprint density at radius 3 is 2.50 bits per heavy atom. The Kier molecular flexibility index (Phi) is 7.23. The van der Waals surface area contributed by atoms with Crippen molar-refractivity contribution < 1.29 is 17.2 Å². The van der Waals surface area contributed by atoms with Crippen molar-refractivity contribution in [1.82, 2.24) is 14.9 Å². The number of anilines is 1. The maximum absolute atomic E-state index is 13.5. The number of aryl methyl sites for hydroxylation is 1. The number of halogens is 2. The van der Waals surface area contributed by atoms with Crippen LogP contribution < -0.4 is 4.90 Å². The van der Waals surface area contributed by atoms with Crippen LogP contribution in [-0.4, -0.2) is 49.5 Å². The smallest absolute Gasteiger partial charge is 0.213 e. The summed E-state index contributed by atoms with van der Waals surface area (Å²) in [5, 5.41) is -0.0434. The van der Waals surface area contributed by atoms with E-state index in [1.807, 2.05) is 20.0 Å². The van der Waals surface area contributed by atoms with Crippen LogP contribution in [0.25, 0.3) is 0 Å². The minimum atomic E-state index is -3.75. The van der Waals surface area contributed by atoms with Crippen LogP contribution in [0.1, 0.15) is 29.7 Å². The van der Waals surface area contributed by atoms with Gasteiger partial charge in [-0.3, -0.25) is 4.90 Å². The number of nitrogens with zero attached hydrogens (tertiary/aromatic N) is 4. The summed E-state index contributed by atoms with van der Waals surface area (Å²) in [5.41, 5.74) is 2.81. The van der Waals surface area contributed by atoms with E-state index < -0.39 is 21.5 Å². The highest BCUT2D eigenvalue weighted by atomic mass is 32.2. The third-order valence-electron chi connectivity index (χ3n) is 6.27. The van der Waals surface area contributed by atoms with Gasteiger partial charge in [-0.1, -0.05) is 18.2 Å². The van der Waals surface area contributed by atoms with E-state index in [4.69, 9.17) is 0 Å². The molecule has 2 aromatic heterocycles. The van der Waals surface area contributed by atoms with E-state index in [9.17, 15) is 17.2 Å². The second-order valence-electron chi connectivity index (χ2n) is 8.77. The van der Waals surface area contributed by atoms with Gasteiger partial charge < -0.3 is 4.90 Å². The Morgan fingerprint density at radius 2 is 1.82 bits per heavy atom. The standard InChI is InChI=1S/C25H28F2N4O2S/c1-18-13-25(34(32,33)17-21-7-4-8-24(27)29-21)28-15-23(18)30(2)22-9-11-31(12-10-22)16-19-5-3-6-20(26)14-19/h3-8,13-15,22H,9-12,16-17H2,1-2H3. The Hall–Kier alpha value is -2.91. The third kappa shape index (κ3) is 5.77. The second kappa shape index (κ2) is 10.1. The fourth-order valence-corrected chi connectivity index (χ4v) is 5.68. The molecule has 0 aliphatic carbocycles. The monoisotopic (exact) mass is 486 g/mol. The quantitative estimate of drug-likeness (QED) is 0.468. The Bertz CT molecular complexity index is 1260. The van der Waals surface area contributed by atoms with Crippen LogP contribution in [0.15, 0.2) is 59.8 Å². The van der Waals surface area contributed by atoms with Crippen LogP contribution in [0.4, 0.5) is 14.5 Å². The van der Waals surface area contributed by atoms with Crippen molar-refractivity contribution in [3.63, 3.8) is 0 Å². The van der Waals surface area contributed by atoms with E-state index in [1.165, 1.54) is 24.3 Å². The Morgan fingerprint density at radius 1 is 1.09 bits per heavy atom. The molecule has 1 aromatic carbocycles. The summed E-state index contributed by atoms with van der Waals surface area (Å²) in [7, 11) is -1.75. The van der Waals surface area contributed by atoms with Crippen LogP contribution in [0.2, 0.25) is 0 Å². The number of sulfone groups is 1. The van der Waals surface area contributed by atoms with E-state index in [0.29, 0.717) is 6.04 Å². The Balaban J connectivity index is 1.40. The summed E-state index contributed by atoms with van der Waals surface area (Å²) >= 11 is 0. The van der Waals surface area contributed by atoms with Crippen molar-refractivity contribution in [1.29, 1.82) is 0 Å². The first-order valence-electron chi connectivity index (χ1n) is 11.2. The van der Waals surface area contributed by atoms with Gasteiger partial charge in [0, 0.05) is 32.7 Å². The van der Waals surface area contributed by atoms with E-state index in [2.05, 4.69) is 19.8 Å². The van der Waals surface area contributed by atoms with Gasteiger partial charge in [0.25, 0.3) is 0 Å². The predicted octanol–water partition coefficient (Wildman–Crippen LogP) is 4.14. The molecule has 3 heterocycles. The molecule has 0 bridgehead atoms. The lowest BCUT2D eigenvalue weighted by Gasteiger charge is -2.38. The van der Waals surface area contributed by atoms with Crippen LogP contribution >= 0.6 is 0 Å². The molecular formula is C25H28F2N4O2S. The lowest BCUT2D eigenvalue weighted by atomic mass is 10.0. The molecule has 0 atom stereocenters. The van der Waals surface area contributed by atoms with Crippen LogP contribution in [-0.2, 0) is 22.1 Å². The first-order chi connectivity index (χ1) is 16.2. The van der Waals surface area contributed by atoms with Crippen LogP contribution in [0.3, 0.4) is 0 Å². The molecular weight excluding hydrogens is 458 g/mol. The zero-order valence-corrected chi connectivity index (χ0v) is 20.1. The summed E-state index contributed by atoms with van der Waals surface area (Å²) in [6.45, 7) is 4.38. The summed E-state index contributed by atoms with van der Waals surface area (Å²) < 4.78 is 52.4. The molecule has 6 nitrogen and oxygen atoms in total. The van der Waals surface area contributed by atoms with Gasteiger partial charge in [0.05, 0.1) is 23.3 Å². The summed E-state index contributed by atoms with van der Waals surface area (Å²) in [5.74, 6) is -1.33. The number of rotatable bonds is 7. The average Bonchev–Trinajstić information content (AvgIpc) is 2.79. The van der Waals surface area contributed by atoms with Crippen LogP contribution in [0.5, 0.6) is 0 Å². The zero-order chi connectivity index (χ0) is 24.3. The molecule has 4 rings (SSSR count). The van der Waals surface area contributed by atoms with Crippen molar-refractivity contribution in [2.75, 3.05) is 25.0 Å². The maximum atomic E-state index is 13.5. The van der Waals surface area contributed by atoms with E-state index in [-0.39, 0.29) is 16.5 Å². The fourth-order valence-electron chi connectivity index (χ4n) is 4.42. The third-order valence-corrected chi connectivity index (χ3v) is 7.80. The van der Waals surface area contributed by atoms with Gasteiger partial charge in [-0.05, 0) is 61.2 Å². The van der Waals surface area contributed by atoms with Gasteiger partial charge in [-0.2, -0.15) is 4.39 Å². The van der Waals surface area contributed by atoms with Crippen molar-refractivity contribution >= 4 is 15.5 Å². The van der Waals surface area contributed by atoms with Gasteiger partial charge in [-0.15, -0.1) is 0 Å². The van der Waals surface area contributed by atoms with Gasteiger partial charge >= 0.3 is 0 Å². The number of hydrogen-bond donors (Lipinski definition) is 0. The van der Waals surface area contributed by atoms with Crippen molar-refractivity contribution in [3.05, 3.63) is 83.3 Å². The van der Waals surface area contributed by atoms with Gasteiger partial charge in [-0.25, -0.2) is 22.8 Å². The van der Waals surface area contributed by atoms with Crippen molar-refractivity contribution in [3.8, 4) is 0 Å². The minimum absolute atomic E-state index is 0.0434. The molecule has 34 heavy (non-hydrogen) atoms. The minimum Gasteiger partial charge on any atom is -0.370 e. The highest BCUT2D eigenvalue weighted by molar-refractivity contribution is 7.90. The van der Waals surface area contributed by atoms with Crippen molar-refractivity contribution in [2.24, 2.45) is 0 Å². The molecule has 0 saturated carbocycles. The molecule has 0 spiro atoms. The first-order valence-corrected chi connectivity index (χ1v) is 12.9. The second-order valence-corrected chi connectivity index (χ2v) is 10.7. The molecule has 0 N–H and O–H groups in total. The summed E-state index contributed by atoms with van der Waals surface area (Å²) in [4.78, 5) is 12.4. The first kappa shape index (κ1) is 24.2. The van der Waals surface area contributed by atoms with Gasteiger partial charge in [0.1, 0.15) is 5.82 Å². The molecule has 0 unspecified atom stereocenters. The van der Waals surface area contributed by atoms with Gasteiger partial charge in [0.2, 0.25) is 15.8 Å². The van der Waals surface area contributed by atoms with Gasteiger partial charge in [0.15, 0.2) is 5.03 Å². The summed E-state index contributed by atoms with van der Waals surface area (Å²) in [6, 6.07) is 12.7. The SMILES string of the molecule is Cc1cc(S(=O)(=O)Cc2cccc(F)n2)ncc1N(C)C1CCN(Cc2cccc(F)c2)CC1. The molecule has 0 amide bonds. The molecule has 9 heteroatoms. The van der Waals surface area contributed by atoms with E-state index >= 15 is 0 Å².